The molecule has 0 aliphatic carbocycles. The number of sulfonamides is 1. The Hall–Kier alpha value is -3.44. The number of thiophene rings is 1. The van der Waals surface area contributed by atoms with Gasteiger partial charge < -0.3 is 9.84 Å². The third kappa shape index (κ3) is 4.27. The molecule has 0 aliphatic rings. The molecule has 0 radical (unpaired) electrons. The van der Waals surface area contributed by atoms with Crippen molar-refractivity contribution in [3.63, 3.8) is 0 Å². The van der Waals surface area contributed by atoms with Crippen molar-refractivity contribution in [1.29, 1.82) is 0 Å². The van der Waals surface area contributed by atoms with Crippen LogP contribution in [-0.2, 0) is 10.0 Å². The van der Waals surface area contributed by atoms with Gasteiger partial charge >= 0.3 is 6.16 Å². The van der Waals surface area contributed by atoms with E-state index in [-0.39, 0.29) is 21.3 Å². The lowest BCUT2D eigenvalue weighted by Gasteiger charge is -2.07. The Bertz CT molecular complexity index is 1120. The number of nitro groups is 1. The van der Waals surface area contributed by atoms with Crippen molar-refractivity contribution in [2.75, 3.05) is 4.72 Å². The molecule has 0 amide bonds. The maximum atomic E-state index is 12.6. The van der Waals surface area contributed by atoms with Crippen LogP contribution < -0.4 is 9.46 Å². The molecule has 0 saturated heterocycles. The number of anilines is 1. The van der Waals surface area contributed by atoms with Gasteiger partial charge in [-0.1, -0.05) is 41.7 Å². The number of carboxylic acid groups (broad SMARTS) is 1. The highest BCUT2D eigenvalue weighted by molar-refractivity contribution is 7.92. The molecule has 2 N–H and O–H groups in total. The monoisotopic (exact) mass is 420 g/mol. The van der Waals surface area contributed by atoms with Gasteiger partial charge in [0.15, 0.2) is 0 Å². The van der Waals surface area contributed by atoms with E-state index in [1.54, 1.807) is 24.3 Å². The number of nitrogens with one attached hydrogen (secondary N) is 1. The van der Waals surface area contributed by atoms with E-state index in [9.17, 15) is 23.3 Å². The first-order valence-corrected chi connectivity index (χ1v) is 9.93. The summed E-state index contributed by atoms with van der Waals surface area (Å²) < 4.78 is 32.1. The van der Waals surface area contributed by atoms with E-state index < -0.39 is 21.1 Å². The SMILES string of the molecule is O=C(O)Oc1sc(-c2ccccc2)cc1NS(=O)(=O)c1ccc([N+](=O)[O-])cc1. The normalized spacial score (nSPS) is 11.0. The van der Waals surface area contributed by atoms with Crippen molar-refractivity contribution >= 4 is 38.9 Å². The molecule has 0 unspecified atom stereocenters. The zero-order chi connectivity index (χ0) is 20.3. The van der Waals surface area contributed by atoms with Gasteiger partial charge in [-0.15, -0.1) is 0 Å². The molecule has 0 atom stereocenters. The van der Waals surface area contributed by atoms with Crippen molar-refractivity contribution in [3.8, 4) is 15.5 Å². The Labute approximate surface area is 163 Å². The summed E-state index contributed by atoms with van der Waals surface area (Å²) in [7, 11) is -4.12. The predicted molar refractivity (Wildman–Crippen MR) is 102 cm³/mol. The highest BCUT2D eigenvalue weighted by atomic mass is 32.2. The minimum absolute atomic E-state index is 0.0513. The molecule has 2 aromatic carbocycles. The average molecular weight is 420 g/mol. The van der Waals surface area contributed by atoms with Gasteiger partial charge in [-0.05, 0) is 23.8 Å². The fraction of sp³-hybridized carbons (Fsp3) is 0. The summed E-state index contributed by atoms with van der Waals surface area (Å²) in [5.41, 5.74) is 0.448. The number of non-ortho nitro benzene ring substituents is 1. The lowest BCUT2D eigenvalue weighted by atomic mass is 10.2. The minimum Gasteiger partial charge on any atom is -0.449 e. The van der Waals surface area contributed by atoms with Crippen LogP contribution >= 0.6 is 11.3 Å². The molecule has 11 heteroatoms. The molecule has 3 rings (SSSR count). The fourth-order valence-corrected chi connectivity index (χ4v) is 4.38. The Kier molecular flexibility index (Phi) is 5.29. The molecular weight excluding hydrogens is 408 g/mol. The zero-order valence-corrected chi connectivity index (χ0v) is 15.6. The molecule has 9 nitrogen and oxygen atoms in total. The van der Waals surface area contributed by atoms with Gasteiger partial charge in [0.25, 0.3) is 15.7 Å². The van der Waals surface area contributed by atoms with E-state index in [0.29, 0.717) is 4.88 Å². The van der Waals surface area contributed by atoms with E-state index in [2.05, 4.69) is 4.72 Å². The Morgan fingerprint density at radius 1 is 1.11 bits per heavy atom. The highest BCUT2D eigenvalue weighted by Crippen LogP contribution is 2.41. The van der Waals surface area contributed by atoms with E-state index in [1.807, 2.05) is 6.07 Å². The summed E-state index contributed by atoms with van der Waals surface area (Å²) >= 11 is 0.964. The van der Waals surface area contributed by atoms with E-state index in [0.717, 1.165) is 41.2 Å². The van der Waals surface area contributed by atoms with Gasteiger partial charge in [-0.2, -0.15) is 0 Å². The van der Waals surface area contributed by atoms with Gasteiger partial charge in [0.1, 0.15) is 5.69 Å². The third-order valence-corrected chi connectivity index (χ3v) is 5.98. The Morgan fingerprint density at radius 3 is 2.32 bits per heavy atom. The van der Waals surface area contributed by atoms with Crippen molar-refractivity contribution in [2.45, 2.75) is 4.90 Å². The number of benzene rings is 2. The van der Waals surface area contributed by atoms with Crippen LogP contribution in [0.25, 0.3) is 10.4 Å². The summed E-state index contributed by atoms with van der Waals surface area (Å²) in [6.07, 6.45) is -1.59. The molecule has 0 spiro atoms. The first-order valence-electron chi connectivity index (χ1n) is 7.63. The van der Waals surface area contributed by atoms with E-state index >= 15 is 0 Å². The van der Waals surface area contributed by atoms with Crippen LogP contribution in [0.4, 0.5) is 16.2 Å². The molecule has 0 saturated carbocycles. The number of carbonyl (C=O) groups is 1. The van der Waals surface area contributed by atoms with Crippen LogP contribution in [0.2, 0.25) is 0 Å². The number of hydrogen-bond donors (Lipinski definition) is 2. The molecule has 0 fully saturated rings. The maximum absolute atomic E-state index is 12.6. The second-order valence-electron chi connectivity index (χ2n) is 5.40. The van der Waals surface area contributed by atoms with E-state index in [1.165, 1.54) is 6.07 Å². The largest absolute Gasteiger partial charge is 0.512 e. The molecule has 1 heterocycles. The van der Waals surface area contributed by atoms with Crippen molar-refractivity contribution in [1.82, 2.24) is 0 Å². The molecule has 28 heavy (non-hydrogen) atoms. The molecular formula is C17H12N2O7S2. The van der Waals surface area contributed by atoms with Gasteiger partial charge in [-0.25, -0.2) is 13.2 Å². The third-order valence-electron chi connectivity index (χ3n) is 3.54. The number of nitro benzene ring substituents is 1. The van der Waals surface area contributed by atoms with Crippen LogP contribution in [0.15, 0.2) is 65.6 Å². The lowest BCUT2D eigenvalue weighted by molar-refractivity contribution is -0.384. The second kappa shape index (κ2) is 7.66. The predicted octanol–water partition coefficient (Wildman–Crippen LogP) is 4.18. The number of ether oxygens (including phenoxy) is 1. The van der Waals surface area contributed by atoms with Crippen LogP contribution in [-0.4, -0.2) is 24.6 Å². The molecule has 0 bridgehead atoms. The first-order chi connectivity index (χ1) is 13.3. The van der Waals surface area contributed by atoms with Crippen LogP contribution in [0.3, 0.4) is 0 Å². The standard InChI is InChI=1S/C17H12N2O7S2/c20-17(21)26-16-14(10-15(27-16)11-4-2-1-3-5-11)18-28(24,25)13-8-6-12(7-9-13)19(22)23/h1-10,18H,(H,20,21). The summed E-state index contributed by atoms with van der Waals surface area (Å²) in [5, 5.41) is 19.5. The first kappa shape index (κ1) is 19.3. The van der Waals surface area contributed by atoms with Crippen LogP contribution in [0.1, 0.15) is 0 Å². The smallest absolute Gasteiger partial charge is 0.449 e. The Balaban J connectivity index is 1.96. The van der Waals surface area contributed by atoms with Gasteiger partial charge in [0.2, 0.25) is 5.06 Å². The van der Waals surface area contributed by atoms with Gasteiger partial charge in [0.05, 0.1) is 9.82 Å². The number of hydrogen-bond acceptors (Lipinski definition) is 7. The topological polar surface area (TPSA) is 136 Å². The molecule has 1 aromatic heterocycles. The zero-order valence-electron chi connectivity index (χ0n) is 13.9. The minimum atomic E-state index is -4.12. The van der Waals surface area contributed by atoms with Crippen molar-refractivity contribution in [2.24, 2.45) is 0 Å². The van der Waals surface area contributed by atoms with Crippen molar-refractivity contribution in [3.05, 3.63) is 70.8 Å². The fourth-order valence-electron chi connectivity index (χ4n) is 2.30. The summed E-state index contributed by atoms with van der Waals surface area (Å²) in [6.45, 7) is 0. The number of rotatable bonds is 6. The summed E-state index contributed by atoms with van der Waals surface area (Å²) in [6, 6.07) is 14.7. The summed E-state index contributed by atoms with van der Waals surface area (Å²) in [5.74, 6) is 0. The average Bonchev–Trinajstić information content (AvgIpc) is 3.03. The number of nitrogens with zero attached hydrogens (tertiary/aromatic N) is 1. The van der Waals surface area contributed by atoms with Gasteiger partial charge in [0, 0.05) is 17.0 Å². The summed E-state index contributed by atoms with van der Waals surface area (Å²) in [4.78, 5) is 21.4. The van der Waals surface area contributed by atoms with Crippen LogP contribution in [0, 0.1) is 10.1 Å². The van der Waals surface area contributed by atoms with Crippen LogP contribution in [0.5, 0.6) is 5.06 Å². The molecule has 3 aromatic rings. The van der Waals surface area contributed by atoms with Crippen molar-refractivity contribution < 1.29 is 28.0 Å². The molecule has 144 valence electrons. The second-order valence-corrected chi connectivity index (χ2v) is 8.10. The van der Waals surface area contributed by atoms with E-state index in [4.69, 9.17) is 9.84 Å². The quantitative estimate of drug-likeness (QED) is 0.347. The highest BCUT2D eigenvalue weighted by Gasteiger charge is 2.22. The maximum Gasteiger partial charge on any atom is 0.512 e. The van der Waals surface area contributed by atoms with Gasteiger partial charge in [-0.3, -0.25) is 14.8 Å². The lowest BCUT2D eigenvalue weighted by Crippen LogP contribution is -2.13. The molecule has 0 aliphatic heterocycles. The Morgan fingerprint density at radius 2 is 1.75 bits per heavy atom.